The zero-order valence-corrected chi connectivity index (χ0v) is 10.3. The van der Waals surface area contributed by atoms with Crippen LogP contribution in [-0.2, 0) is 0 Å². The lowest BCUT2D eigenvalue weighted by Gasteiger charge is -2.25. The minimum Gasteiger partial charge on any atom is -0.330 e. The summed E-state index contributed by atoms with van der Waals surface area (Å²) in [5, 5.41) is 2.28. The van der Waals surface area contributed by atoms with Crippen LogP contribution in [0, 0.1) is 0 Å². The molecule has 16 heavy (non-hydrogen) atoms. The molecule has 0 aliphatic heterocycles. The van der Waals surface area contributed by atoms with Crippen LogP contribution in [0.25, 0.3) is 0 Å². The summed E-state index contributed by atoms with van der Waals surface area (Å²) < 4.78 is 2.05. The van der Waals surface area contributed by atoms with Gasteiger partial charge in [-0.05, 0) is 40.0 Å². The zero-order chi connectivity index (χ0) is 11.8. The van der Waals surface area contributed by atoms with Crippen LogP contribution >= 0.6 is 0 Å². The fourth-order valence-electron chi connectivity index (χ4n) is 1.61. The lowest BCUT2D eigenvalue weighted by molar-refractivity contribution is 0.391. The molecular weight excluding hydrogens is 202 g/mol. The van der Waals surface area contributed by atoms with Gasteiger partial charge in [-0.25, -0.2) is 4.98 Å². The van der Waals surface area contributed by atoms with Crippen LogP contribution in [0.4, 0.5) is 0 Å². The van der Waals surface area contributed by atoms with Gasteiger partial charge in [-0.3, -0.25) is 4.68 Å². The summed E-state index contributed by atoms with van der Waals surface area (Å²) in [7, 11) is 4.20. The number of nitrogens with zero attached hydrogens (tertiary/aromatic N) is 4. The Labute approximate surface area is 97.8 Å². The minimum atomic E-state index is 0.735. The molecule has 1 aromatic rings. The zero-order valence-electron chi connectivity index (χ0n) is 10.3. The minimum absolute atomic E-state index is 0.735. The third kappa shape index (κ3) is 4.63. The van der Waals surface area contributed by atoms with Crippen molar-refractivity contribution in [1.82, 2.24) is 14.6 Å². The second kappa shape index (κ2) is 7.24. The number of hydrogen-bond acceptors (Lipinski definition) is 4. The molecule has 1 heterocycles. The summed E-state index contributed by atoms with van der Waals surface area (Å²) in [6.45, 7) is 3.86. The number of hydrogen-bond donors (Lipinski definition) is 1. The highest BCUT2D eigenvalue weighted by molar-refractivity contribution is 4.89. The topological polar surface area (TPSA) is 50.3 Å². The summed E-state index contributed by atoms with van der Waals surface area (Å²) >= 11 is 0. The van der Waals surface area contributed by atoms with Crippen molar-refractivity contribution < 1.29 is 0 Å². The Morgan fingerprint density at radius 3 is 2.50 bits per heavy atom. The van der Waals surface area contributed by atoms with E-state index in [1.54, 1.807) is 6.20 Å². The highest BCUT2D eigenvalue weighted by atomic mass is 15.5. The molecule has 5 heteroatoms. The molecule has 5 nitrogen and oxygen atoms in total. The molecule has 0 bridgehead atoms. The van der Waals surface area contributed by atoms with Crippen LogP contribution in [0.15, 0.2) is 18.7 Å². The fourth-order valence-corrected chi connectivity index (χ4v) is 1.61. The van der Waals surface area contributed by atoms with E-state index >= 15 is 0 Å². The summed E-state index contributed by atoms with van der Waals surface area (Å²) in [6, 6.07) is 0. The average molecular weight is 225 g/mol. The highest BCUT2D eigenvalue weighted by Gasteiger charge is 2.04. The molecule has 0 aliphatic rings. The Kier molecular flexibility index (Phi) is 5.88. The van der Waals surface area contributed by atoms with Gasteiger partial charge in [0.05, 0.1) is 0 Å². The van der Waals surface area contributed by atoms with Gasteiger partial charge in [0.25, 0.3) is 0 Å². The van der Waals surface area contributed by atoms with Crippen molar-refractivity contribution in [2.75, 3.05) is 45.3 Å². The smallest absolute Gasteiger partial charge is 0.114 e. The Bertz CT molecular complexity index is 257. The van der Waals surface area contributed by atoms with E-state index in [1.165, 1.54) is 0 Å². The van der Waals surface area contributed by atoms with Crippen molar-refractivity contribution >= 4 is 0 Å². The van der Waals surface area contributed by atoms with Crippen molar-refractivity contribution in [3.63, 3.8) is 0 Å². The summed E-state index contributed by atoms with van der Waals surface area (Å²) in [5.41, 5.74) is 5.55. The average Bonchev–Trinajstić information content (AvgIpc) is 2.75. The third-order valence-corrected chi connectivity index (χ3v) is 2.46. The van der Waals surface area contributed by atoms with E-state index in [9.17, 15) is 0 Å². The first kappa shape index (κ1) is 13.0. The Morgan fingerprint density at radius 2 is 1.94 bits per heavy atom. The van der Waals surface area contributed by atoms with Gasteiger partial charge < -0.3 is 15.6 Å². The molecule has 0 radical (unpaired) electrons. The first-order valence-corrected chi connectivity index (χ1v) is 5.82. The quantitative estimate of drug-likeness (QED) is 0.683. The maximum Gasteiger partial charge on any atom is 0.114 e. The van der Waals surface area contributed by atoms with Crippen molar-refractivity contribution in [1.29, 1.82) is 0 Å². The van der Waals surface area contributed by atoms with E-state index in [2.05, 4.69) is 29.0 Å². The molecule has 92 valence electrons. The van der Waals surface area contributed by atoms with Crippen molar-refractivity contribution in [2.45, 2.75) is 12.8 Å². The molecule has 0 fully saturated rings. The van der Waals surface area contributed by atoms with Gasteiger partial charge in [-0.1, -0.05) is 0 Å². The maximum absolute atomic E-state index is 5.55. The van der Waals surface area contributed by atoms with Gasteiger partial charge in [-0.2, -0.15) is 0 Å². The Morgan fingerprint density at radius 1 is 1.19 bits per heavy atom. The molecule has 2 N–H and O–H groups in total. The SMILES string of the molecule is CN(C)CCCN(CCCN)n1ccnc1. The van der Waals surface area contributed by atoms with Gasteiger partial charge in [0.15, 0.2) is 0 Å². The number of aromatic nitrogens is 2. The van der Waals surface area contributed by atoms with E-state index in [4.69, 9.17) is 5.73 Å². The second-order valence-electron chi connectivity index (χ2n) is 4.20. The van der Waals surface area contributed by atoms with Gasteiger partial charge in [0.1, 0.15) is 6.33 Å². The molecule has 0 saturated carbocycles. The van der Waals surface area contributed by atoms with E-state index in [-0.39, 0.29) is 0 Å². The Balaban J connectivity index is 2.38. The van der Waals surface area contributed by atoms with Crippen molar-refractivity contribution in [3.05, 3.63) is 18.7 Å². The molecular formula is C11H23N5. The molecule has 0 spiro atoms. The van der Waals surface area contributed by atoms with Gasteiger partial charge >= 0.3 is 0 Å². The molecule has 0 unspecified atom stereocenters. The predicted octanol–water partition coefficient (Wildman–Crippen LogP) is 0.122. The second-order valence-corrected chi connectivity index (χ2v) is 4.20. The van der Waals surface area contributed by atoms with Gasteiger partial charge in [-0.15, -0.1) is 0 Å². The predicted molar refractivity (Wildman–Crippen MR) is 67.0 cm³/mol. The van der Waals surface area contributed by atoms with Gasteiger partial charge in [0.2, 0.25) is 0 Å². The maximum atomic E-state index is 5.55. The van der Waals surface area contributed by atoms with Crippen LogP contribution in [-0.4, -0.2) is 54.8 Å². The lowest BCUT2D eigenvalue weighted by atomic mass is 10.3. The summed E-state index contributed by atoms with van der Waals surface area (Å²) in [6.07, 6.45) is 7.79. The van der Waals surface area contributed by atoms with E-state index < -0.39 is 0 Å². The van der Waals surface area contributed by atoms with Crippen LogP contribution < -0.4 is 10.7 Å². The van der Waals surface area contributed by atoms with Crippen molar-refractivity contribution in [2.24, 2.45) is 5.73 Å². The largest absolute Gasteiger partial charge is 0.330 e. The fraction of sp³-hybridized carbons (Fsp3) is 0.727. The molecule has 1 rings (SSSR count). The Hall–Kier alpha value is -1.07. The van der Waals surface area contributed by atoms with Crippen LogP contribution in [0.5, 0.6) is 0 Å². The molecule has 0 aliphatic carbocycles. The molecule has 0 amide bonds. The number of rotatable bonds is 8. The third-order valence-electron chi connectivity index (χ3n) is 2.46. The van der Waals surface area contributed by atoms with Crippen molar-refractivity contribution in [3.8, 4) is 0 Å². The molecule has 0 saturated heterocycles. The summed E-state index contributed by atoms with van der Waals surface area (Å²) in [4.78, 5) is 6.28. The number of imidazole rings is 1. The van der Waals surface area contributed by atoms with Crippen LogP contribution in [0.1, 0.15) is 12.8 Å². The van der Waals surface area contributed by atoms with E-state index in [0.29, 0.717) is 0 Å². The highest BCUT2D eigenvalue weighted by Crippen LogP contribution is 1.96. The lowest BCUT2D eigenvalue weighted by Crippen LogP contribution is -2.37. The monoisotopic (exact) mass is 225 g/mol. The molecule has 1 aromatic heterocycles. The van der Waals surface area contributed by atoms with Gasteiger partial charge in [0, 0.05) is 25.5 Å². The standard InChI is InChI=1S/C11H23N5/c1-14(2)7-4-9-15(8-3-5-12)16-10-6-13-11-16/h6,10-11H,3-5,7-9,12H2,1-2H3. The first-order valence-electron chi connectivity index (χ1n) is 5.82. The normalized spacial score (nSPS) is 11.0. The van der Waals surface area contributed by atoms with E-state index in [0.717, 1.165) is 39.0 Å². The molecule has 0 atom stereocenters. The first-order chi connectivity index (χ1) is 7.74. The number of nitrogens with two attached hydrogens (primary N) is 1. The van der Waals surface area contributed by atoms with Crippen LogP contribution in [0.3, 0.4) is 0 Å². The van der Waals surface area contributed by atoms with Crippen LogP contribution in [0.2, 0.25) is 0 Å². The molecule has 0 aromatic carbocycles. The van der Waals surface area contributed by atoms with E-state index in [1.807, 2.05) is 17.2 Å². The summed E-state index contributed by atoms with van der Waals surface area (Å²) in [5.74, 6) is 0.